The van der Waals surface area contributed by atoms with E-state index in [1.165, 1.54) is 0 Å². The number of amides is 1. The number of hydrogen-bond acceptors (Lipinski definition) is 2. The van der Waals surface area contributed by atoms with Gasteiger partial charge in [-0.25, -0.2) is 0 Å². The van der Waals surface area contributed by atoms with Gasteiger partial charge in [0.2, 0.25) is 0 Å². The molecule has 1 amide bonds. The Morgan fingerprint density at radius 3 is 2.83 bits per heavy atom. The summed E-state index contributed by atoms with van der Waals surface area (Å²) in [6.45, 7) is 3.82. The fourth-order valence-electron chi connectivity index (χ4n) is 1.79. The second-order valence-electron chi connectivity index (χ2n) is 3.16. The first-order valence-corrected chi connectivity index (χ1v) is 3.95. The summed E-state index contributed by atoms with van der Waals surface area (Å²) in [5, 5.41) is 7.03. The molecule has 4 heteroatoms. The summed E-state index contributed by atoms with van der Waals surface area (Å²) < 4.78 is 1.77. The van der Waals surface area contributed by atoms with Gasteiger partial charge in [0.1, 0.15) is 0 Å². The molecule has 2 rings (SSSR count). The van der Waals surface area contributed by atoms with Crippen molar-refractivity contribution >= 4 is 5.91 Å². The minimum Gasteiger partial charge on any atom is -0.344 e. The molecule has 1 N–H and O–H groups in total. The van der Waals surface area contributed by atoms with Gasteiger partial charge >= 0.3 is 0 Å². The maximum atomic E-state index is 11.3. The second-order valence-corrected chi connectivity index (χ2v) is 3.16. The highest BCUT2D eigenvalue weighted by Crippen LogP contribution is 2.26. The molecule has 0 saturated heterocycles. The van der Waals surface area contributed by atoms with E-state index in [9.17, 15) is 4.79 Å². The van der Waals surface area contributed by atoms with Crippen LogP contribution in [0.4, 0.5) is 0 Å². The van der Waals surface area contributed by atoms with Crippen LogP contribution >= 0.6 is 0 Å². The van der Waals surface area contributed by atoms with Crippen LogP contribution in [0.15, 0.2) is 0 Å². The van der Waals surface area contributed by atoms with Crippen LogP contribution < -0.4 is 5.32 Å². The summed E-state index contributed by atoms with van der Waals surface area (Å²) in [4.78, 5) is 11.3. The lowest BCUT2D eigenvalue weighted by atomic mass is 10.2. The monoisotopic (exact) mass is 165 g/mol. The third-order valence-corrected chi connectivity index (χ3v) is 2.25. The first-order chi connectivity index (χ1) is 5.61. The first-order valence-electron chi connectivity index (χ1n) is 3.95. The van der Waals surface area contributed by atoms with Gasteiger partial charge in [-0.15, -0.1) is 0 Å². The van der Waals surface area contributed by atoms with Gasteiger partial charge in [-0.3, -0.25) is 9.48 Å². The van der Waals surface area contributed by atoms with Gasteiger partial charge < -0.3 is 5.32 Å². The molecule has 1 aromatic heterocycles. The van der Waals surface area contributed by atoms with Gasteiger partial charge in [-0.1, -0.05) is 0 Å². The number of rotatable bonds is 0. The molecule has 0 unspecified atom stereocenters. The minimum absolute atomic E-state index is 0.00287. The lowest BCUT2D eigenvalue weighted by molar-refractivity contribution is 0.0957. The molecule has 0 aromatic carbocycles. The maximum Gasteiger partial charge on any atom is 0.255 e. The standard InChI is InChI=1S/C8H11N3O/c1-4-6-7(11(3)10-4)5(2)9-8(6)12/h5H,1-3H3,(H,9,12)/t5-/m0/s1. The Bertz CT molecular complexity index is 353. The normalized spacial score (nSPS) is 20.9. The molecule has 1 aromatic rings. The Balaban J connectivity index is 2.69. The zero-order chi connectivity index (χ0) is 8.88. The van der Waals surface area contributed by atoms with Crippen molar-refractivity contribution in [3.05, 3.63) is 17.0 Å². The predicted octanol–water partition coefficient (Wildman–Crippen LogP) is 0.533. The Morgan fingerprint density at radius 1 is 1.58 bits per heavy atom. The van der Waals surface area contributed by atoms with E-state index in [0.29, 0.717) is 0 Å². The average molecular weight is 165 g/mol. The number of carbonyl (C=O) groups excluding carboxylic acids is 1. The summed E-state index contributed by atoms with van der Waals surface area (Å²) in [6.07, 6.45) is 0. The Hall–Kier alpha value is -1.32. The van der Waals surface area contributed by atoms with E-state index in [1.54, 1.807) is 4.68 Å². The van der Waals surface area contributed by atoms with Crippen molar-refractivity contribution in [2.24, 2.45) is 7.05 Å². The molecule has 1 aliphatic rings. The zero-order valence-corrected chi connectivity index (χ0v) is 7.38. The molecule has 2 heterocycles. The summed E-state index contributed by atoms with van der Waals surface area (Å²) in [7, 11) is 1.86. The number of hydrogen-bond donors (Lipinski definition) is 1. The van der Waals surface area contributed by atoms with Crippen LogP contribution in [0.25, 0.3) is 0 Å². The van der Waals surface area contributed by atoms with Gasteiger partial charge in [0, 0.05) is 7.05 Å². The molecule has 0 radical (unpaired) electrons. The Kier molecular flexibility index (Phi) is 1.28. The van der Waals surface area contributed by atoms with E-state index in [-0.39, 0.29) is 11.9 Å². The second kappa shape index (κ2) is 2.09. The summed E-state index contributed by atoms with van der Waals surface area (Å²) in [6, 6.07) is 0.0960. The average Bonchev–Trinajstić information content (AvgIpc) is 2.38. The van der Waals surface area contributed by atoms with E-state index in [4.69, 9.17) is 0 Å². The van der Waals surface area contributed by atoms with Crippen molar-refractivity contribution in [3.8, 4) is 0 Å². The van der Waals surface area contributed by atoms with Crippen LogP contribution in [0.1, 0.15) is 34.7 Å². The van der Waals surface area contributed by atoms with Crippen LogP contribution in [0.5, 0.6) is 0 Å². The predicted molar refractivity (Wildman–Crippen MR) is 43.8 cm³/mol. The molecule has 0 aliphatic carbocycles. The molecule has 0 saturated carbocycles. The molecular weight excluding hydrogens is 154 g/mol. The van der Waals surface area contributed by atoms with Gasteiger partial charge in [0.25, 0.3) is 5.91 Å². The van der Waals surface area contributed by atoms with Gasteiger partial charge in [-0.2, -0.15) is 5.10 Å². The molecule has 12 heavy (non-hydrogen) atoms. The number of nitrogens with zero attached hydrogens (tertiary/aromatic N) is 2. The summed E-state index contributed by atoms with van der Waals surface area (Å²) in [5.74, 6) is 0.00287. The summed E-state index contributed by atoms with van der Waals surface area (Å²) in [5.41, 5.74) is 2.57. The topological polar surface area (TPSA) is 46.9 Å². The Morgan fingerprint density at radius 2 is 2.25 bits per heavy atom. The van der Waals surface area contributed by atoms with Crippen molar-refractivity contribution in [1.29, 1.82) is 0 Å². The van der Waals surface area contributed by atoms with Crippen LogP contribution in [0, 0.1) is 6.92 Å². The lowest BCUT2D eigenvalue weighted by Gasteiger charge is -2.04. The number of carbonyl (C=O) groups is 1. The zero-order valence-electron chi connectivity index (χ0n) is 7.38. The van der Waals surface area contributed by atoms with Gasteiger partial charge in [0.05, 0.1) is 23.0 Å². The van der Waals surface area contributed by atoms with Crippen LogP contribution in [0.3, 0.4) is 0 Å². The Labute approximate surface area is 70.6 Å². The molecule has 1 aliphatic heterocycles. The first kappa shape index (κ1) is 7.34. The minimum atomic E-state index is 0.00287. The summed E-state index contributed by atoms with van der Waals surface area (Å²) >= 11 is 0. The van der Waals surface area contributed by atoms with E-state index in [1.807, 2.05) is 20.9 Å². The van der Waals surface area contributed by atoms with Crippen LogP contribution in [-0.2, 0) is 7.05 Å². The van der Waals surface area contributed by atoms with Crippen LogP contribution in [0.2, 0.25) is 0 Å². The third-order valence-electron chi connectivity index (χ3n) is 2.25. The van der Waals surface area contributed by atoms with Crippen molar-refractivity contribution in [3.63, 3.8) is 0 Å². The smallest absolute Gasteiger partial charge is 0.255 e. The fraction of sp³-hybridized carbons (Fsp3) is 0.500. The third kappa shape index (κ3) is 0.719. The molecule has 0 fully saturated rings. The van der Waals surface area contributed by atoms with E-state index in [0.717, 1.165) is 17.0 Å². The number of aromatic nitrogens is 2. The largest absolute Gasteiger partial charge is 0.344 e. The van der Waals surface area contributed by atoms with E-state index >= 15 is 0 Å². The van der Waals surface area contributed by atoms with Crippen molar-refractivity contribution in [1.82, 2.24) is 15.1 Å². The molecule has 1 atom stereocenters. The molecule has 0 spiro atoms. The molecular formula is C8H11N3O. The van der Waals surface area contributed by atoms with Crippen LogP contribution in [-0.4, -0.2) is 15.7 Å². The van der Waals surface area contributed by atoms with Crippen molar-refractivity contribution in [2.45, 2.75) is 19.9 Å². The molecule has 4 nitrogen and oxygen atoms in total. The quantitative estimate of drug-likeness (QED) is 0.609. The van der Waals surface area contributed by atoms with Gasteiger partial charge in [-0.05, 0) is 13.8 Å². The molecule has 0 bridgehead atoms. The van der Waals surface area contributed by atoms with Crippen molar-refractivity contribution < 1.29 is 4.79 Å². The highest BCUT2D eigenvalue weighted by Gasteiger charge is 2.31. The highest BCUT2D eigenvalue weighted by atomic mass is 16.2. The number of nitrogens with one attached hydrogen (secondary N) is 1. The fourth-order valence-corrected chi connectivity index (χ4v) is 1.79. The molecule has 64 valence electrons. The maximum absolute atomic E-state index is 11.3. The highest BCUT2D eigenvalue weighted by molar-refractivity contribution is 5.99. The van der Waals surface area contributed by atoms with E-state index < -0.39 is 0 Å². The number of aryl methyl sites for hydroxylation is 2. The van der Waals surface area contributed by atoms with Crippen molar-refractivity contribution in [2.75, 3.05) is 0 Å². The van der Waals surface area contributed by atoms with Gasteiger partial charge in [0.15, 0.2) is 0 Å². The van der Waals surface area contributed by atoms with E-state index in [2.05, 4.69) is 10.4 Å². The number of fused-ring (bicyclic) bond motifs is 1. The lowest BCUT2D eigenvalue weighted by Crippen LogP contribution is -2.18. The SMILES string of the molecule is Cc1nn(C)c2c1C(=O)N[C@H]2C.